The Labute approximate surface area is 224 Å². The fourth-order valence-corrected chi connectivity index (χ4v) is 9.11. The van der Waals surface area contributed by atoms with Crippen molar-refractivity contribution in [3.05, 3.63) is 36.4 Å². The van der Waals surface area contributed by atoms with Gasteiger partial charge in [0.2, 0.25) is 5.91 Å². The van der Waals surface area contributed by atoms with Crippen LogP contribution < -0.4 is 10.2 Å². The number of amides is 3. The molecule has 0 radical (unpaired) electrons. The minimum Gasteiger partial charge on any atom is -0.432 e. The summed E-state index contributed by atoms with van der Waals surface area (Å²) < 4.78 is 6.66. The van der Waals surface area contributed by atoms with Gasteiger partial charge in [-0.2, -0.15) is 0 Å². The van der Waals surface area contributed by atoms with Crippen LogP contribution in [0.5, 0.6) is 0 Å². The van der Waals surface area contributed by atoms with Crippen LogP contribution in [0.2, 0.25) is 18.6 Å². The van der Waals surface area contributed by atoms with Gasteiger partial charge in [-0.3, -0.25) is 14.4 Å². The molecular formula is C27H39N3O7Si. The van der Waals surface area contributed by atoms with Crippen LogP contribution in [0.3, 0.4) is 0 Å². The highest BCUT2D eigenvalue weighted by molar-refractivity contribution is 6.71. The summed E-state index contributed by atoms with van der Waals surface area (Å²) in [6, 6.07) is 4.84. The summed E-state index contributed by atoms with van der Waals surface area (Å²) in [5.41, 5.74) is -0.337. The summed E-state index contributed by atoms with van der Waals surface area (Å²) in [6.07, 6.45) is 1.24. The lowest BCUT2D eigenvalue weighted by Gasteiger charge is -2.32. The lowest BCUT2D eigenvalue weighted by atomic mass is 9.82. The summed E-state index contributed by atoms with van der Waals surface area (Å²) in [6.45, 7) is 11.3. The monoisotopic (exact) mass is 545 g/mol. The second kappa shape index (κ2) is 10.5. The summed E-state index contributed by atoms with van der Waals surface area (Å²) in [5, 5.41) is 22.0. The predicted octanol–water partition coefficient (Wildman–Crippen LogP) is 1.71. The quantitative estimate of drug-likeness (QED) is 0.288. The van der Waals surface area contributed by atoms with E-state index in [1.54, 1.807) is 47.2 Å². The van der Waals surface area contributed by atoms with Gasteiger partial charge in [-0.15, -0.1) is 6.58 Å². The van der Waals surface area contributed by atoms with E-state index < -0.39 is 43.5 Å². The van der Waals surface area contributed by atoms with Crippen molar-refractivity contribution in [1.82, 2.24) is 4.90 Å². The number of nitrogens with zero attached hydrogens (tertiary/aromatic N) is 2. The van der Waals surface area contributed by atoms with Crippen LogP contribution in [-0.2, 0) is 24.7 Å². The molecule has 2 saturated heterocycles. The topological polar surface area (TPSA) is 140 Å². The molecule has 0 unspecified atom stereocenters. The minimum atomic E-state index is -2.96. The van der Waals surface area contributed by atoms with E-state index >= 15 is 0 Å². The van der Waals surface area contributed by atoms with Gasteiger partial charge in [0.05, 0.1) is 30.9 Å². The number of hydrogen-bond acceptors (Lipinski definition) is 7. The van der Waals surface area contributed by atoms with E-state index in [0.717, 1.165) is 12.8 Å². The predicted molar refractivity (Wildman–Crippen MR) is 145 cm³/mol. The van der Waals surface area contributed by atoms with Crippen molar-refractivity contribution in [2.24, 2.45) is 5.92 Å². The molecule has 3 heterocycles. The lowest BCUT2D eigenvalue weighted by molar-refractivity contribution is -0.149. The normalized spacial score (nSPS) is 29.6. The molecule has 208 valence electrons. The van der Waals surface area contributed by atoms with Crippen LogP contribution in [0.1, 0.15) is 38.7 Å². The Morgan fingerprint density at radius 1 is 1.37 bits per heavy atom. The number of anilines is 2. The zero-order chi connectivity index (χ0) is 28.0. The molecule has 3 aliphatic heterocycles. The molecule has 4 rings (SSSR count). The number of hydrogen-bond donors (Lipinski definition) is 4. The molecule has 0 aliphatic carbocycles. The van der Waals surface area contributed by atoms with Gasteiger partial charge in [0.15, 0.2) is 13.9 Å². The van der Waals surface area contributed by atoms with Crippen molar-refractivity contribution in [2.75, 3.05) is 29.9 Å². The number of nitrogens with one attached hydrogen (secondary N) is 1. The van der Waals surface area contributed by atoms with Gasteiger partial charge < -0.3 is 34.9 Å². The minimum absolute atomic E-state index is 0.00717. The summed E-state index contributed by atoms with van der Waals surface area (Å²) in [7, 11) is -2.96. The van der Waals surface area contributed by atoms with Crippen molar-refractivity contribution in [3.8, 4) is 0 Å². The number of rotatable bonds is 8. The van der Waals surface area contributed by atoms with E-state index in [9.17, 15) is 29.4 Å². The zero-order valence-corrected chi connectivity index (χ0v) is 23.5. The second-order valence-corrected chi connectivity index (χ2v) is 15.2. The first kappa shape index (κ1) is 28.4. The molecule has 1 spiro atoms. The standard InChI is InChI=1S/C27H39N3O7Si/c1-6-11-30-21-10-9-18(28-25(34)17(3)32)13-20(21)27(26(30)35)16(2)24(38(4,5)36)22(37-27)14-23(33)29-12-7-8-19(29)15-31/h6,9-10,13,16-17,19,22,24,31-32,36H,1,7-8,11-12,14-15H2,2-5H3,(H,28,34)/t16-,17-,19-,22+,24-,27+/m0/s1. The third-order valence-electron chi connectivity index (χ3n) is 8.23. The van der Waals surface area contributed by atoms with E-state index in [2.05, 4.69) is 11.9 Å². The van der Waals surface area contributed by atoms with Crippen LogP contribution in [0.25, 0.3) is 0 Å². The maximum absolute atomic E-state index is 14.1. The van der Waals surface area contributed by atoms with Gasteiger partial charge in [0, 0.05) is 35.8 Å². The number of aliphatic hydroxyl groups is 2. The van der Waals surface area contributed by atoms with Gasteiger partial charge in [0.25, 0.3) is 11.8 Å². The lowest BCUT2D eigenvalue weighted by Crippen LogP contribution is -2.46. The Hall–Kier alpha value is -2.57. The SMILES string of the molecule is C=CCN1C(=O)[C@]2(O[C@H](CC(=O)N3CCC[C@H]3CO)[C@@H]([Si](C)(C)O)[C@@H]2C)c2cc(NC(=O)[C@H](C)O)ccc21. The van der Waals surface area contributed by atoms with Gasteiger partial charge in [-0.05, 0) is 51.1 Å². The van der Waals surface area contributed by atoms with Crippen LogP contribution in [0.4, 0.5) is 11.4 Å². The molecule has 0 aromatic heterocycles. The first-order valence-electron chi connectivity index (χ1n) is 13.2. The van der Waals surface area contributed by atoms with Gasteiger partial charge in [-0.1, -0.05) is 13.0 Å². The number of ether oxygens (including phenoxy) is 1. The van der Waals surface area contributed by atoms with E-state index in [1.165, 1.54) is 6.92 Å². The average molecular weight is 546 g/mol. The van der Waals surface area contributed by atoms with Crippen molar-refractivity contribution >= 4 is 37.4 Å². The Morgan fingerprint density at radius 3 is 2.68 bits per heavy atom. The third-order valence-corrected chi connectivity index (χ3v) is 10.7. The van der Waals surface area contributed by atoms with Gasteiger partial charge in [0.1, 0.15) is 6.10 Å². The van der Waals surface area contributed by atoms with E-state index in [1.807, 2.05) is 6.92 Å². The number of fused-ring (bicyclic) bond motifs is 2. The van der Waals surface area contributed by atoms with Crippen molar-refractivity contribution in [2.45, 2.75) is 75.6 Å². The molecule has 3 amide bonds. The number of carbonyl (C=O) groups is 3. The van der Waals surface area contributed by atoms with Crippen molar-refractivity contribution in [3.63, 3.8) is 0 Å². The summed E-state index contributed by atoms with van der Waals surface area (Å²) >= 11 is 0. The Bertz CT molecular complexity index is 1120. The molecule has 1 aromatic carbocycles. The molecule has 3 aliphatic rings. The number of likely N-dealkylation sites (tertiary alicyclic amines) is 1. The fraction of sp³-hybridized carbons (Fsp3) is 0.593. The fourth-order valence-electron chi connectivity index (χ4n) is 6.56. The molecule has 2 fully saturated rings. The van der Waals surface area contributed by atoms with Gasteiger partial charge >= 0.3 is 0 Å². The molecule has 1 aromatic rings. The van der Waals surface area contributed by atoms with Crippen LogP contribution in [0, 0.1) is 5.92 Å². The second-order valence-electron chi connectivity index (χ2n) is 11.2. The number of benzene rings is 1. The number of aliphatic hydroxyl groups excluding tert-OH is 2. The van der Waals surface area contributed by atoms with Crippen LogP contribution >= 0.6 is 0 Å². The average Bonchev–Trinajstić information content (AvgIpc) is 3.50. The molecule has 4 N–H and O–H groups in total. The highest BCUT2D eigenvalue weighted by atomic mass is 28.4. The molecule has 0 saturated carbocycles. The third kappa shape index (κ3) is 4.71. The molecule has 6 atom stereocenters. The van der Waals surface area contributed by atoms with Crippen LogP contribution in [0.15, 0.2) is 30.9 Å². The Balaban J connectivity index is 1.77. The molecule has 10 nitrogen and oxygen atoms in total. The Kier molecular flexibility index (Phi) is 7.88. The van der Waals surface area contributed by atoms with E-state index in [0.29, 0.717) is 23.5 Å². The highest BCUT2D eigenvalue weighted by Gasteiger charge is 2.66. The molecule has 38 heavy (non-hydrogen) atoms. The van der Waals surface area contributed by atoms with Gasteiger partial charge in [-0.25, -0.2) is 0 Å². The summed E-state index contributed by atoms with van der Waals surface area (Å²) in [5.74, 6) is -1.51. The van der Waals surface area contributed by atoms with E-state index in [4.69, 9.17) is 4.74 Å². The first-order chi connectivity index (χ1) is 17.9. The van der Waals surface area contributed by atoms with Crippen molar-refractivity contribution < 1.29 is 34.1 Å². The molecular weight excluding hydrogens is 506 g/mol. The molecule has 11 heteroatoms. The largest absolute Gasteiger partial charge is 0.432 e. The van der Waals surface area contributed by atoms with Crippen LogP contribution in [-0.4, -0.2) is 83.9 Å². The Morgan fingerprint density at radius 2 is 2.08 bits per heavy atom. The zero-order valence-electron chi connectivity index (χ0n) is 22.5. The van der Waals surface area contributed by atoms with Crippen molar-refractivity contribution in [1.29, 1.82) is 0 Å². The molecule has 0 bridgehead atoms. The maximum Gasteiger partial charge on any atom is 0.264 e. The summed E-state index contributed by atoms with van der Waals surface area (Å²) in [4.78, 5) is 54.3. The highest BCUT2D eigenvalue weighted by Crippen LogP contribution is 2.60. The van der Waals surface area contributed by atoms with E-state index in [-0.39, 0.29) is 37.4 Å². The first-order valence-corrected chi connectivity index (χ1v) is 16.3. The number of carbonyl (C=O) groups excluding carboxylic acids is 3. The maximum atomic E-state index is 14.1. The smallest absolute Gasteiger partial charge is 0.264 e.